The van der Waals surface area contributed by atoms with Crippen LogP contribution in [0, 0.1) is 17.3 Å². The van der Waals surface area contributed by atoms with Crippen LogP contribution >= 0.6 is 34.8 Å². The van der Waals surface area contributed by atoms with E-state index in [2.05, 4.69) is 0 Å². The highest BCUT2D eigenvalue weighted by atomic mass is 35.5. The van der Waals surface area contributed by atoms with Crippen molar-refractivity contribution in [3.63, 3.8) is 0 Å². The molecule has 0 heterocycles. The van der Waals surface area contributed by atoms with Gasteiger partial charge in [-0.15, -0.1) is 0 Å². The lowest BCUT2D eigenvalue weighted by Gasteiger charge is -2.48. The van der Waals surface area contributed by atoms with Crippen LogP contribution in [0.3, 0.4) is 0 Å². The van der Waals surface area contributed by atoms with Crippen molar-refractivity contribution in [3.05, 3.63) is 68.7 Å². The number of halogens is 3. The van der Waals surface area contributed by atoms with Gasteiger partial charge in [-0.25, -0.2) is 4.79 Å². The fourth-order valence-electron chi connectivity index (χ4n) is 3.51. The number of ether oxygens (including phenoxy) is 2. The number of hydrogen-bond acceptors (Lipinski definition) is 5. The van der Waals surface area contributed by atoms with E-state index in [1.807, 2.05) is 30.3 Å². The molecule has 0 aliphatic heterocycles. The topological polar surface area (TPSA) is 69.7 Å². The molecular formula is C22H19Cl3O5. The van der Waals surface area contributed by atoms with Crippen molar-refractivity contribution in [3.8, 4) is 0 Å². The Morgan fingerprint density at radius 1 is 0.967 bits per heavy atom. The molecule has 0 aromatic heterocycles. The van der Waals surface area contributed by atoms with Gasteiger partial charge in [0.25, 0.3) is 0 Å². The minimum atomic E-state index is -0.961. The highest BCUT2D eigenvalue weighted by molar-refractivity contribution is 6.42. The monoisotopic (exact) mass is 468 g/mol. The van der Waals surface area contributed by atoms with Crippen LogP contribution < -0.4 is 0 Å². The number of benzene rings is 2. The quantitative estimate of drug-likeness (QED) is 0.413. The van der Waals surface area contributed by atoms with Crippen molar-refractivity contribution in [1.29, 1.82) is 0 Å². The molecule has 3 rings (SSSR count). The van der Waals surface area contributed by atoms with Gasteiger partial charge in [-0.1, -0.05) is 79.0 Å². The number of esters is 3. The molecule has 1 fully saturated rings. The SMILES string of the molecule is CC1(C)[C@@H](C(=O)OCc2ccccc2)C[C@H]1C(=O)OC(=O)c1c(Cl)cc(Cl)cc1Cl. The van der Waals surface area contributed by atoms with Crippen molar-refractivity contribution in [1.82, 2.24) is 0 Å². The summed E-state index contributed by atoms with van der Waals surface area (Å²) in [6.45, 7) is 3.70. The van der Waals surface area contributed by atoms with Gasteiger partial charge >= 0.3 is 17.9 Å². The molecule has 0 N–H and O–H groups in total. The largest absolute Gasteiger partial charge is 0.461 e. The molecule has 5 nitrogen and oxygen atoms in total. The molecule has 1 aliphatic rings. The second kappa shape index (κ2) is 8.96. The Kier molecular flexibility index (Phi) is 6.75. The van der Waals surface area contributed by atoms with E-state index in [9.17, 15) is 14.4 Å². The summed E-state index contributed by atoms with van der Waals surface area (Å²) < 4.78 is 10.4. The third-order valence-corrected chi connectivity index (χ3v) is 6.28. The van der Waals surface area contributed by atoms with Gasteiger partial charge in [-0.3, -0.25) is 9.59 Å². The fourth-order valence-corrected chi connectivity index (χ4v) is 4.48. The standard InChI is InChI=1S/C22H19Cl3O5/c1-22(2)14(19(26)29-11-12-6-4-3-5-7-12)10-15(22)20(27)30-21(28)18-16(24)8-13(23)9-17(18)25/h3-9,14-15H,10-11H2,1-2H3/t14-,15+/m1/s1. The molecule has 158 valence electrons. The summed E-state index contributed by atoms with van der Waals surface area (Å²) in [4.78, 5) is 37.4. The molecule has 0 bridgehead atoms. The second-order valence-electron chi connectivity index (χ2n) is 7.71. The summed E-state index contributed by atoms with van der Waals surface area (Å²) >= 11 is 17.8. The van der Waals surface area contributed by atoms with E-state index < -0.39 is 29.2 Å². The van der Waals surface area contributed by atoms with Gasteiger partial charge in [0.15, 0.2) is 0 Å². The number of carbonyl (C=O) groups excluding carboxylic acids is 3. The maximum absolute atomic E-state index is 12.6. The van der Waals surface area contributed by atoms with Crippen molar-refractivity contribution in [2.75, 3.05) is 0 Å². The second-order valence-corrected chi connectivity index (χ2v) is 8.96. The van der Waals surface area contributed by atoms with Gasteiger partial charge in [0.2, 0.25) is 0 Å². The van der Waals surface area contributed by atoms with Crippen LogP contribution in [0.4, 0.5) is 0 Å². The summed E-state index contributed by atoms with van der Waals surface area (Å²) in [6.07, 6.45) is 0.231. The van der Waals surface area contributed by atoms with E-state index in [4.69, 9.17) is 44.3 Å². The lowest BCUT2D eigenvalue weighted by molar-refractivity contribution is -0.176. The molecule has 8 heteroatoms. The first-order valence-electron chi connectivity index (χ1n) is 9.22. The molecule has 0 unspecified atom stereocenters. The molecule has 2 atom stereocenters. The van der Waals surface area contributed by atoms with Crippen LogP contribution in [0.25, 0.3) is 0 Å². The predicted octanol–water partition coefficient (Wildman–Crippen LogP) is 5.74. The maximum Gasteiger partial charge on any atom is 0.348 e. The summed E-state index contributed by atoms with van der Waals surface area (Å²) in [7, 11) is 0. The molecule has 1 saturated carbocycles. The highest BCUT2D eigenvalue weighted by Gasteiger charge is 2.56. The molecule has 2 aromatic rings. The van der Waals surface area contributed by atoms with E-state index >= 15 is 0 Å². The minimum Gasteiger partial charge on any atom is -0.461 e. The highest BCUT2D eigenvalue weighted by Crippen LogP contribution is 2.52. The van der Waals surface area contributed by atoms with Crippen molar-refractivity contribution < 1.29 is 23.9 Å². The Balaban J connectivity index is 1.60. The Morgan fingerprint density at radius 2 is 1.53 bits per heavy atom. The number of hydrogen-bond donors (Lipinski definition) is 0. The average Bonchev–Trinajstić information content (AvgIpc) is 2.65. The van der Waals surface area contributed by atoms with Gasteiger partial charge in [0, 0.05) is 5.02 Å². The zero-order valence-corrected chi connectivity index (χ0v) is 18.6. The third kappa shape index (κ3) is 4.64. The van der Waals surface area contributed by atoms with Crippen molar-refractivity contribution in [2.24, 2.45) is 17.3 Å². The summed E-state index contributed by atoms with van der Waals surface area (Å²) in [5.74, 6) is -3.20. The molecule has 2 aromatic carbocycles. The van der Waals surface area contributed by atoms with Gasteiger partial charge in [0.05, 0.1) is 27.4 Å². The Bertz CT molecular complexity index is 965. The van der Waals surface area contributed by atoms with Crippen LogP contribution in [-0.2, 0) is 25.7 Å². The average molecular weight is 470 g/mol. The normalized spacial score (nSPS) is 19.5. The number of carbonyl (C=O) groups is 3. The van der Waals surface area contributed by atoms with E-state index in [1.54, 1.807) is 13.8 Å². The van der Waals surface area contributed by atoms with E-state index in [0.717, 1.165) is 5.56 Å². The van der Waals surface area contributed by atoms with Gasteiger partial charge in [-0.2, -0.15) is 0 Å². The summed E-state index contributed by atoms with van der Waals surface area (Å²) in [5, 5.41) is 0.228. The third-order valence-electron chi connectivity index (χ3n) is 5.46. The van der Waals surface area contributed by atoms with Crippen molar-refractivity contribution in [2.45, 2.75) is 26.9 Å². The molecule has 0 radical (unpaired) electrons. The molecule has 30 heavy (non-hydrogen) atoms. The summed E-state index contributed by atoms with van der Waals surface area (Å²) in [5.41, 5.74) is 0.0203. The lowest BCUT2D eigenvalue weighted by atomic mass is 9.54. The lowest BCUT2D eigenvalue weighted by Crippen LogP contribution is -2.53. The van der Waals surface area contributed by atoms with Gasteiger partial charge < -0.3 is 9.47 Å². The van der Waals surface area contributed by atoms with E-state index in [1.165, 1.54) is 12.1 Å². The van der Waals surface area contributed by atoms with Crippen LogP contribution in [0.15, 0.2) is 42.5 Å². The molecule has 0 saturated heterocycles. The number of rotatable bonds is 5. The minimum absolute atomic E-state index is 0.0134. The smallest absolute Gasteiger partial charge is 0.348 e. The Morgan fingerprint density at radius 3 is 2.10 bits per heavy atom. The molecular weight excluding hydrogens is 451 g/mol. The molecule has 0 spiro atoms. The molecule has 1 aliphatic carbocycles. The van der Waals surface area contributed by atoms with Crippen LogP contribution in [0.1, 0.15) is 36.2 Å². The van der Waals surface area contributed by atoms with Crippen LogP contribution in [0.5, 0.6) is 0 Å². The van der Waals surface area contributed by atoms with E-state index in [-0.39, 0.29) is 39.6 Å². The van der Waals surface area contributed by atoms with Crippen LogP contribution in [0.2, 0.25) is 15.1 Å². The Labute approximate surface area is 189 Å². The van der Waals surface area contributed by atoms with Gasteiger partial charge in [0.1, 0.15) is 6.61 Å². The molecule has 0 amide bonds. The van der Waals surface area contributed by atoms with E-state index in [0.29, 0.717) is 0 Å². The fraction of sp³-hybridized carbons (Fsp3) is 0.318. The predicted molar refractivity (Wildman–Crippen MR) is 114 cm³/mol. The Hall–Kier alpha value is -2.08. The first kappa shape index (κ1) is 22.6. The summed E-state index contributed by atoms with van der Waals surface area (Å²) in [6, 6.07) is 12.0. The zero-order valence-electron chi connectivity index (χ0n) is 16.3. The van der Waals surface area contributed by atoms with Crippen molar-refractivity contribution >= 4 is 52.7 Å². The van der Waals surface area contributed by atoms with Gasteiger partial charge in [-0.05, 0) is 29.5 Å². The van der Waals surface area contributed by atoms with Crippen LogP contribution in [-0.4, -0.2) is 17.9 Å². The zero-order chi connectivity index (χ0) is 22.1. The first-order chi connectivity index (χ1) is 14.1. The first-order valence-corrected chi connectivity index (χ1v) is 10.4. The maximum atomic E-state index is 12.6.